The lowest BCUT2D eigenvalue weighted by Gasteiger charge is -2.17. The van der Waals surface area contributed by atoms with E-state index in [1.54, 1.807) is 7.05 Å². The molecule has 2 rings (SSSR count). The SMILES string of the molecule is CCCc1ccc(C(=O)CCC(=O)N(C)CC(=O)Nc2cccc(C)c2C)cc1. The van der Waals surface area contributed by atoms with Crippen LogP contribution in [-0.4, -0.2) is 36.1 Å². The number of aryl methyl sites for hydroxylation is 2. The standard InChI is InChI=1S/C24H30N2O3/c1-5-7-19-10-12-20(13-11-19)22(27)14-15-24(29)26(4)16-23(28)25-21-9-6-8-17(2)18(21)3/h6,8-13H,5,7,14-16H2,1-4H3,(H,25,28). The average molecular weight is 395 g/mol. The van der Waals surface area contributed by atoms with Gasteiger partial charge in [0.1, 0.15) is 0 Å². The third-order valence-electron chi connectivity index (χ3n) is 5.07. The van der Waals surface area contributed by atoms with Crippen molar-refractivity contribution in [3.63, 3.8) is 0 Å². The number of Topliss-reactive ketones (excluding diaryl/α,β-unsaturated/α-hetero) is 1. The summed E-state index contributed by atoms with van der Waals surface area (Å²) in [4.78, 5) is 38.3. The average Bonchev–Trinajstić information content (AvgIpc) is 2.70. The number of carbonyl (C=O) groups excluding carboxylic acids is 3. The Bertz CT molecular complexity index is 872. The molecule has 0 fully saturated rings. The first kappa shape index (κ1) is 22.3. The smallest absolute Gasteiger partial charge is 0.243 e. The van der Waals surface area contributed by atoms with Gasteiger partial charge in [0.05, 0.1) is 6.54 Å². The number of rotatable bonds is 9. The molecule has 0 radical (unpaired) electrons. The van der Waals surface area contributed by atoms with Crippen LogP contribution >= 0.6 is 0 Å². The normalized spacial score (nSPS) is 10.5. The molecule has 2 aromatic rings. The number of likely N-dealkylation sites (N-methyl/N-ethyl adjacent to an activating group) is 1. The van der Waals surface area contributed by atoms with Crippen LogP contribution in [0.15, 0.2) is 42.5 Å². The minimum absolute atomic E-state index is 0.0495. The van der Waals surface area contributed by atoms with Crippen LogP contribution in [0.4, 0.5) is 5.69 Å². The molecule has 0 heterocycles. The number of benzene rings is 2. The molecule has 0 atom stereocenters. The third kappa shape index (κ3) is 6.56. The van der Waals surface area contributed by atoms with Gasteiger partial charge in [-0.15, -0.1) is 0 Å². The van der Waals surface area contributed by atoms with Crippen molar-refractivity contribution in [1.82, 2.24) is 4.90 Å². The Morgan fingerprint density at radius 3 is 2.31 bits per heavy atom. The van der Waals surface area contributed by atoms with Crippen LogP contribution < -0.4 is 5.32 Å². The van der Waals surface area contributed by atoms with E-state index >= 15 is 0 Å². The summed E-state index contributed by atoms with van der Waals surface area (Å²) < 4.78 is 0. The largest absolute Gasteiger partial charge is 0.336 e. The molecular weight excluding hydrogens is 364 g/mol. The fraction of sp³-hybridized carbons (Fsp3) is 0.375. The van der Waals surface area contributed by atoms with E-state index in [9.17, 15) is 14.4 Å². The number of nitrogens with zero attached hydrogens (tertiary/aromatic N) is 1. The zero-order valence-corrected chi connectivity index (χ0v) is 17.7. The molecule has 5 nitrogen and oxygen atoms in total. The van der Waals surface area contributed by atoms with Crippen molar-refractivity contribution < 1.29 is 14.4 Å². The lowest BCUT2D eigenvalue weighted by molar-refractivity contribution is -0.133. The van der Waals surface area contributed by atoms with Crippen LogP contribution in [0.1, 0.15) is 53.2 Å². The molecule has 29 heavy (non-hydrogen) atoms. The predicted octanol–water partition coefficient (Wildman–Crippen LogP) is 4.32. The second-order valence-electron chi connectivity index (χ2n) is 7.42. The monoisotopic (exact) mass is 394 g/mol. The van der Waals surface area contributed by atoms with Crippen molar-refractivity contribution in [2.45, 2.75) is 46.5 Å². The first-order valence-electron chi connectivity index (χ1n) is 10.0. The van der Waals surface area contributed by atoms with Gasteiger partial charge >= 0.3 is 0 Å². The Morgan fingerprint density at radius 2 is 1.66 bits per heavy atom. The Morgan fingerprint density at radius 1 is 0.966 bits per heavy atom. The van der Waals surface area contributed by atoms with Crippen molar-refractivity contribution in [1.29, 1.82) is 0 Å². The van der Waals surface area contributed by atoms with Crippen LogP contribution in [-0.2, 0) is 16.0 Å². The maximum atomic E-state index is 12.3. The fourth-order valence-electron chi connectivity index (χ4n) is 3.08. The minimum Gasteiger partial charge on any atom is -0.336 e. The molecule has 154 valence electrons. The maximum absolute atomic E-state index is 12.3. The summed E-state index contributed by atoms with van der Waals surface area (Å²) in [6.45, 7) is 5.99. The Balaban J connectivity index is 1.82. The topological polar surface area (TPSA) is 66.5 Å². The van der Waals surface area contributed by atoms with Crippen LogP contribution in [0.5, 0.6) is 0 Å². The van der Waals surface area contributed by atoms with Crippen molar-refractivity contribution >= 4 is 23.3 Å². The lowest BCUT2D eigenvalue weighted by atomic mass is 10.0. The van der Waals surface area contributed by atoms with E-state index in [0.29, 0.717) is 5.56 Å². The highest BCUT2D eigenvalue weighted by Crippen LogP contribution is 2.18. The second-order valence-corrected chi connectivity index (χ2v) is 7.42. The molecule has 0 aliphatic rings. The third-order valence-corrected chi connectivity index (χ3v) is 5.07. The Kier molecular flexibility index (Phi) is 8.13. The maximum Gasteiger partial charge on any atom is 0.243 e. The number of amides is 2. The van der Waals surface area contributed by atoms with Crippen molar-refractivity contribution in [2.24, 2.45) is 0 Å². The molecule has 2 aromatic carbocycles. The van der Waals surface area contributed by atoms with Crippen LogP contribution in [0.2, 0.25) is 0 Å². The highest BCUT2D eigenvalue weighted by atomic mass is 16.2. The van der Waals surface area contributed by atoms with E-state index < -0.39 is 0 Å². The predicted molar refractivity (Wildman–Crippen MR) is 116 cm³/mol. The second kappa shape index (κ2) is 10.6. The molecule has 0 aliphatic carbocycles. The lowest BCUT2D eigenvalue weighted by Crippen LogP contribution is -2.35. The molecule has 2 amide bonds. The van der Waals surface area contributed by atoms with Gasteiger partial charge in [-0.1, -0.05) is 49.7 Å². The summed E-state index contributed by atoms with van der Waals surface area (Å²) in [5.74, 6) is -0.543. The highest BCUT2D eigenvalue weighted by Gasteiger charge is 2.16. The molecule has 0 unspecified atom stereocenters. The van der Waals surface area contributed by atoms with Gasteiger partial charge in [-0.3, -0.25) is 14.4 Å². The molecule has 0 aliphatic heterocycles. The minimum atomic E-state index is -0.257. The van der Waals surface area contributed by atoms with Gasteiger partial charge in [-0.05, 0) is 43.0 Å². The number of anilines is 1. The van der Waals surface area contributed by atoms with Gasteiger partial charge in [0, 0.05) is 31.1 Å². The summed E-state index contributed by atoms with van der Waals surface area (Å²) in [5.41, 5.74) is 4.67. The highest BCUT2D eigenvalue weighted by molar-refractivity contribution is 5.99. The van der Waals surface area contributed by atoms with E-state index in [1.165, 1.54) is 10.5 Å². The number of carbonyl (C=O) groups is 3. The van der Waals surface area contributed by atoms with Crippen molar-refractivity contribution in [3.8, 4) is 0 Å². The fourth-order valence-corrected chi connectivity index (χ4v) is 3.08. The molecule has 1 N–H and O–H groups in total. The van der Waals surface area contributed by atoms with Crippen molar-refractivity contribution in [2.75, 3.05) is 18.9 Å². The number of hydrogen-bond acceptors (Lipinski definition) is 3. The van der Waals surface area contributed by atoms with E-state index in [1.807, 2.05) is 56.3 Å². The van der Waals surface area contributed by atoms with Gasteiger partial charge in [-0.2, -0.15) is 0 Å². The van der Waals surface area contributed by atoms with Gasteiger partial charge in [0.15, 0.2) is 5.78 Å². The number of ketones is 1. The first-order valence-corrected chi connectivity index (χ1v) is 10.0. The number of nitrogens with one attached hydrogen (secondary N) is 1. The first-order chi connectivity index (χ1) is 13.8. The number of hydrogen-bond donors (Lipinski definition) is 1. The summed E-state index contributed by atoms with van der Waals surface area (Å²) in [6.07, 6.45) is 2.27. The summed E-state index contributed by atoms with van der Waals surface area (Å²) in [6, 6.07) is 13.3. The quantitative estimate of drug-likeness (QED) is 0.644. The van der Waals surface area contributed by atoms with Crippen LogP contribution in [0, 0.1) is 13.8 Å². The van der Waals surface area contributed by atoms with E-state index in [-0.39, 0.29) is 37.0 Å². The van der Waals surface area contributed by atoms with E-state index in [4.69, 9.17) is 0 Å². The van der Waals surface area contributed by atoms with E-state index in [2.05, 4.69) is 12.2 Å². The van der Waals surface area contributed by atoms with Gasteiger partial charge in [0.2, 0.25) is 11.8 Å². The van der Waals surface area contributed by atoms with Crippen molar-refractivity contribution in [3.05, 3.63) is 64.7 Å². The molecule has 0 bridgehead atoms. The van der Waals surface area contributed by atoms with Crippen LogP contribution in [0.25, 0.3) is 0 Å². The zero-order valence-electron chi connectivity index (χ0n) is 17.7. The molecule has 5 heteroatoms. The molecule has 0 saturated carbocycles. The van der Waals surface area contributed by atoms with Gasteiger partial charge in [0.25, 0.3) is 0 Å². The molecule has 0 saturated heterocycles. The molecular formula is C24H30N2O3. The van der Waals surface area contributed by atoms with Gasteiger partial charge in [-0.25, -0.2) is 0 Å². The van der Waals surface area contributed by atoms with Gasteiger partial charge < -0.3 is 10.2 Å². The van der Waals surface area contributed by atoms with Crippen LogP contribution in [0.3, 0.4) is 0 Å². The molecule has 0 aromatic heterocycles. The zero-order chi connectivity index (χ0) is 21.4. The summed E-state index contributed by atoms with van der Waals surface area (Å²) in [7, 11) is 1.58. The summed E-state index contributed by atoms with van der Waals surface area (Å²) in [5, 5.41) is 2.84. The summed E-state index contributed by atoms with van der Waals surface area (Å²) >= 11 is 0. The Labute approximate surface area is 173 Å². The molecule has 0 spiro atoms. The van der Waals surface area contributed by atoms with E-state index in [0.717, 1.165) is 29.7 Å². The Hall–Kier alpha value is -2.95.